The van der Waals surface area contributed by atoms with Gasteiger partial charge in [-0.3, -0.25) is 14.4 Å². The van der Waals surface area contributed by atoms with E-state index in [1.807, 2.05) is 36.5 Å². The summed E-state index contributed by atoms with van der Waals surface area (Å²) in [7, 11) is 0. The van der Waals surface area contributed by atoms with Gasteiger partial charge in [-0.2, -0.15) is 0 Å². The topological polar surface area (TPSA) is 78.9 Å². The number of esters is 3. The van der Waals surface area contributed by atoms with Gasteiger partial charge in [0, 0.05) is 19.3 Å². The van der Waals surface area contributed by atoms with E-state index in [1.165, 1.54) is 32.1 Å². The van der Waals surface area contributed by atoms with Crippen LogP contribution in [-0.2, 0) is 28.6 Å². The van der Waals surface area contributed by atoms with Crippen LogP contribution in [-0.4, -0.2) is 37.2 Å². The molecule has 0 aromatic rings. The van der Waals surface area contributed by atoms with Gasteiger partial charge in [-0.1, -0.05) is 231 Å². The summed E-state index contributed by atoms with van der Waals surface area (Å²) in [6, 6.07) is 0. The number of allylic oxidation sites excluding steroid dienone is 24. The van der Waals surface area contributed by atoms with E-state index in [4.69, 9.17) is 14.2 Å². The Balaban J connectivity index is 4.55. The average Bonchev–Trinajstić information content (AvgIpc) is 3.33. The molecule has 0 bridgehead atoms. The van der Waals surface area contributed by atoms with Crippen molar-refractivity contribution in [1.82, 2.24) is 0 Å². The van der Waals surface area contributed by atoms with Crippen LogP contribution in [0.4, 0.5) is 0 Å². The van der Waals surface area contributed by atoms with Crippen molar-refractivity contribution in [3.8, 4) is 0 Å². The number of hydrogen-bond acceptors (Lipinski definition) is 6. The minimum atomic E-state index is -0.818. The molecule has 0 spiro atoms. The molecule has 67 heavy (non-hydrogen) atoms. The number of hydrogen-bond donors (Lipinski definition) is 0. The molecule has 374 valence electrons. The molecule has 6 nitrogen and oxygen atoms in total. The Morgan fingerprint density at radius 2 is 0.657 bits per heavy atom. The molecule has 6 heteroatoms. The highest BCUT2D eigenvalue weighted by molar-refractivity contribution is 5.71. The van der Waals surface area contributed by atoms with Crippen LogP contribution in [0.1, 0.15) is 201 Å². The summed E-state index contributed by atoms with van der Waals surface area (Å²) < 4.78 is 16.8. The largest absolute Gasteiger partial charge is 0.462 e. The fourth-order valence-electron chi connectivity index (χ4n) is 6.58. The van der Waals surface area contributed by atoms with Crippen LogP contribution in [0.2, 0.25) is 0 Å². The van der Waals surface area contributed by atoms with Crippen LogP contribution < -0.4 is 0 Å². The molecule has 0 aliphatic carbocycles. The van der Waals surface area contributed by atoms with E-state index < -0.39 is 6.10 Å². The average molecular weight is 923 g/mol. The van der Waals surface area contributed by atoms with Crippen LogP contribution >= 0.6 is 0 Å². The van der Waals surface area contributed by atoms with Crippen LogP contribution in [0, 0.1) is 0 Å². The third-order valence-electron chi connectivity index (χ3n) is 10.5. The number of unbranched alkanes of at least 4 members (excludes halogenated alkanes) is 16. The first kappa shape index (κ1) is 62.3. The maximum Gasteiger partial charge on any atom is 0.306 e. The lowest BCUT2D eigenvalue weighted by atomic mass is 10.1. The molecule has 0 rings (SSSR count). The van der Waals surface area contributed by atoms with Gasteiger partial charge in [-0.05, 0) is 96.3 Å². The zero-order valence-electron chi connectivity index (χ0n) is 42.6. The van der Waals surface area contributed by atoms with Crippen molar-refractivity contribution in [2.24, 2.45) is 0 Å². The zero-order chi connectivity index (χ0) is 48.6. The van der Waals surface area contributed by atoms with Crippen molar-refractivity contribution in [3.05, 3.63) is 146 Å². The molecule has 0 saturated heterocycles. The van der Waals surface area contributed by atoms with E-state index >= 15 is 0 Å². The lowest BCUT2D eigenvalue weighted by Gasteiger charge is -2.18. The van der Waals surface area contributed by atoms with E-state index in [2.05, 4.69) is 130 Å². The van der Waals surface area contributed by atoms with Crippen molar-refractivity contribution >= 4 is 17.9 Å². The molecule has 0 amide bonds. The molecule has 0 aromatic carbocycles. The van der Waals surface area contributed by atoms with Crippen molar-refractivity contribution in [2.45, 2.75) is 207 Å². The van der Waals surface area contributed by atoms with Gasteiger partial charge in [0.2, 0.25) is 0 Å². The molecule has 0 radical (unpaired) electrons. The first-order chi connectivity index (χ1) is 33.0. The lowest BCUT2D eigenvalue weighted by molar-refractivity contribution is -0.167. The molecule has 0 heterocycles. The van der Waals surface area contributed by atoms with Gasteiger partial charge >= 0.3 is 17.9 Å². The summed E-state index contributed by atoms with van der Waals surface area (Å²) in [5.74, 6) is -0.991. The van der Waals surface area contributed by atoms with E-state index in [-0.39, 0.29) is 37.5 Å². The summed E-state index contributed by atoms with van der Waals surface area (Å²) >= 11 is 0. The highest BCUT2D eigenvalue weighted by atomic mass is 16.6. The SMILES string of the molecule is CC\C=C/C=C\C=C/CCCCCCCCCC(=O)OCC(COC(=O)CCCCCCC\C=C/C=C\C=C/C=C\C=C/CCC)OC(=O)CCCCC/C=C\C/C=C\C/C=C\C/C=C\CC. The van der Waals surface area contributed by atoms with E-state index in [1.54, 1.807) is 0 Å². The minimum absolute atomic E-state index is 0.112. The number of rotatable bonds is 45. The maximum absolute atomic E-state index is 12.8. The smallest absolute Gasteiger partial charge is 0.306 e. The van der Waals surface area contributed by atoms with Gasteiger partial charge in [0.05, 0.1) is 0 Å². The Bertz CT molecular complexity index is 1530. The highest BCUT2D eigenvalue weighted by Gasteiger charge is 2.19. The normalized spacial score (nSPS) is 13.3. The van der Waals surface area contributed by atoms with Crippen molar-refractivity contribution in [1.29, 1.82) is 0 Å². The maximum atomic E-state index is 12.8. The summed E-state index contributed by atoms with van der Waals surface area (Å²) in [5, 5.41) is 0. The summed E-state index contributed by atoms with van der Waals surface area (Å²) in [4.78, 5) is 38.1. The molecule has 0 fully saturated rings. The molecule has 0 N–H and O–H groups in total. The zero-order valence-corrected chi connectivity index (χ0v) is 42.6. The van der Waals surface area contributed by atoms with Gasteiger partial charge in [0.1, 0.15) is 13.2 Å². The van der Waals surface area contributed by atoms with E-state index in [0.717, 1.165) is 122 Å². The fourth-order valence-corrected chi connectivity index (χ4v) is 6.58. The van der Waals surface area contributed by atoms with Crippen LogP contribution in [0.15, 0.2) is 146 Å². The third kappa shape index (κ3) is 52.1. The highest BCUT2D eigenvalue weighted by Crippen LogP contribution is 2.13. The second-order valence-electron chi connectivity index (χ2n) is 16.8. The van der Waals surface area contributed by atoms with Gasteiger partial charge in [-0.25, -0.2) is 0 Å². The van der Waals surface area contributed by atoms with Crippen molar-refractivity contribution in [2.75, 3.05) is 13.2 Å². The molecule has 0 saturated carbocycles. The number of carbonyl (C=O) groups is 3. The lowest BCUT2D eigenvalue weighted by Crippen LogP contribution is -2.30. The van der Waals surface area contributed by atoms with Crippen LogP contribution in [0.5, 0.6) is 0 Å². The second kappa shape index (κ2) is 53.9. The second-order valence-corrected chi connectivity index (χ2v) is 16.8. The molecule has 1 unspecified atom stereocenters. The Morgan fingerprint density at radius 1 is 0.328 bits per heavy atom. The van der Waals surface area contributed by atoms with E-state index in [0.29, 0.717) is 19.3 Å². The quantitative estimate of drug-likeness (QED) is 0.0199. The predicted octanol–water partition coefficient (Wildman–Crippen LogP) is 17.6. The molecular formula is C61H94O6. The standard InChI is InChI=1S/C61H94O6/c1-4-7-10-13-16-19-22-25-28-30-31-34-36-39-42-45-48-51-54-60(63)66-57-58(56-65-59(62)53-50-47-44-41-38-35-32-27-24-21-18-15-12-9-6-3)67-61(64)55-52-49-46-43-40-37-33-29-26-23-20-17-14-11-8-5-2/h8-13,15-22,24-26,28-31,34,37,40,58H,4-7,14,23,27,32-33,35-36,38-39,41-57H2,1-3H3/b11-8-,12-9-,13-10-,18-15-,19-16-,20-17-,24-21-,25-22-,29-26-,30-28-,34-31-,40-37-. The molecule has 0 aromatic heterocycles. The van der Waals surface area contributed by atoms with Gasteiger partial charge in [-0.15, -0.1) is 0 Å². The Morgan fingerprint density at radius 3 is 1.10 bits per heavy atom. The van der Waals surface area contributed by atoms with Crippen molar-refractivity contribution in [3.63, 3.8) is 0 Å². The Hall–Kier alpha value is -4.71. The first-order valence-electron chi connectivity index (χ1n) is 26.4. The predicted molar refractivity (Wildman–Crippen MR) is 288 cm³/mol. The monoisotopic (exact) mass is 923 g/mol. The summed E-state index contributed by atoms with van der Waals surface area (Å²) in [5.41, 5.74) is 0. The van der Waals surface area contributed by atoms with Gasteiger partial charge < -0.3 is 14.2 Å². The molecule has 1 atom stereocenters. The van der Waals surface area contributed by atoms with Crippen LogP contribution in [0.25, 0.3) is 0 Å². The Labute approximate surface area is 410 Å². The van der Waals surface area contributed by atoms with E-state index in [9.17, 15) is 14.4 Å². The number of ether oxygens (including phenoxy) is 3. The van der Waals surface area contributed by atoms with Gasteiger partial charge in [0.25, 0.3) is 0 Å². The Kier molecular flexibility index (Phi) is 50.1. The number of carbonyl (C=O) groups excluding carboxylic acids is 3. The minimum Gasteiger partial charge on any atom is -0.462 e. The summed E-state index contributed by atoms with van der Waals surface area (Å²) in [6.07, 6.45) is 76.8. The molecular weight excluding hydrogens is 829 g/mol. The fraction of sp³-hybridized carbons (Fsp3) is 0.557. The third-order valence-corrected chi connectivity index (χ3v) is 10.5. The summed E-state index contributed by atoms with van der Waals surface area (Å²) in [6.45, 7) is 6.22. The van der Waals surface area contributed by atoms with Gasteiger partial charge in [0.15, 0.2) is 6.10 Å². The van der Waals surface area contributed by atoms with Crippen LogP contribution in [0.3, 0.4) is 0 Å². The van der Waals surface area contributed by atoms with Crippen molar-refractivity contribution < 1.29 is 28.6 Å². The molecule has 0 aliphatic heterocycles. The first-order valence-corrected chi connectivity index (χ1v) is 26.4. The molecule has 0 aliphatic rings.